The van der Waals surface area contributed by atoms with E-state index in [4.69, 9.17) is 5.53 Å². The first-order chi connectivity index (χ1) is 7.81. The molecular formula is C13H7BrN2. The molecule has 0 unspecified atom stereocenters. The number of fused-ring (bicyclic) bond motifs is 3. The van der Waals surface area contributed by atoms with Crippen molar-refractivity contribution in [1.29, 1.82) is 0 Å². The van der Waals surface area contributed by atoms with Crippen LogP contribution in [0.3, 0.4) is 0 Å². The van der Waals surface area contributed by atoms with Gasteiger partial charge in [0.15, 0.2) is 0 Å². The van der Waals surface area contributed by atoms with E-state index in [9.17, 15) is 0 Å². The van der Waals surface area contributed by atoms with E-state index in [1.165, 1.54) is 0 Å². The zero-order valence-corrected chi connectivity index (χ0v) is 9.90. The maximum absolute atomic E-state index is 9.12. The summed E-state index contributed by atoms with van der Waals surface area (Å²) in [7, 11) is 0. The monoisotopic (exact) mass is 270 g/mol. The molecule has 76 valence electrons. The van der Waals surface area contributed by atoms with Crippen LogP contribution in [0.15, 0.2) is 46.9 Å². The molecule has 0 saturated heterocycles. The molecule has 1 aliphatic rings. The van der Waals surface area contributed by atoms with Gasteiger partial charge in [-0.1, -0.05) is 40.2 Å². The highest BCUT2D eigenvalue weighted by Gasteiger charge is 2.30. The quantitative estimate of drug-likeness (QED) is 0.443. The zero-order valence-electron chi connectivity index (χ0n) is 8.31. The maximum Gasteiger partial charge on any atom is 0.330 e. The second kappa shape index (κ2) is 3.41. The Morgan fingerprint density at radius 2 is 1.56 bits per heavy atom. The van der Waals surface area contributed by atoms with Crippen molar-refractivity contribution >= 4 is 21.6 Å². The number of halogens is 1. The average Bonchev–Trinajstić information content (AvgIpc) is 2.61. The third kappa shape index (κ3) is 1.19. The Bertz CT molecular complexity index is 640. The van der Waals surface area contributed by atoms with Gasteiger partial charge in [-0.3, -0.25) is 0 Å². The smallest absolute Gasteiger partial charge is 0.330 e. The van der Waals surface area contributed by atoms with Crippen molar-refractivity contribution in [3.63, 3.8) is 0 Å². The molecule has 0 radical (unpaired) electrons. The minimum Gasteiger partial charge on any atom is -0.361 e. The normalized spacial score (nSPS) is 11.9. The van der Waals surface area contributed by atoms with Crippen molar-refractivity contribution in [3.8, 4) is 11.1 Å². The Labute approximate surface area is 101 Å². The van der Waals surface area contributed by atoms with Crippen molar-refractivity contribution in [3.05, 3.63) is 63.6 Å². The largest absolute Gasteiger partial charge is 0.361 e. The van der Waals surface area contributed by atoms with E-state index >= 15 is 0 Å². The van der Waals surface area contributed by atoms with E-state index < -0.39 is 0 Å². The van der Waals surface area contributed by atoms with Gasteiger partial charge in [-0.2, -0.15) is 4.79 Å². The molecule has 0 heterocycles. The first kappa shape index (κ1) is 9.52. The topological polar surface area (TPSA) is 36.4 Å². The van der Waals surface area contributed by atoms with Crippen LogP contribution in [-0.2, 0) is 0 Å². The van der Waals surface area contributed by atoms with Crippen LogP contribution in [0.1, 0.15) is 11.1 Å². The van der Waals surface area contributed by atoms with Crippen LogP contribution in [0, 0.1) is 0 Å². The van der Waals surface area contributed by atoms with Gasteiger partial charge in [0.2, 0.25) is 0 Å². The van der Waals surface area contributed by atoms with Gasteiger partial charge in [0.25, 0.3) is 0 Å². The van der Waals surface area contributed by atoms with Gasteiger partial charge < -0.3 is 5.53 Å². The molecule has 0 N–H and O–H groups in total. The van der Waals surface area contributed by atoms with Gasteiger partial charge in [0, 0.05) is 4.47 Å². The summed E-state index contributed by atoms with van der Waals surface area (Å²) in [4.78, 5) is 3.41. The van der Waals surface area contributed by atoms with Crippen molar-refractivity contribution in [2.45, 2.75) is 0 Å². The second-order valence-electron chi connectivity index (χ2n) is 3.68. The summed E-state index contributed by atoms with van der Waals surface area (Å²) in [6.45, 7) is 0. The third-order valence-electron chi connectivity index (χ3n) is 2.81. The highest BCUT2D eigenvalue weighted by atomic mass is 79.9. The van der Waals surface area contributed by atoms with Crippen LogP contribution in [0.5, 0.6) is 0 Å². The highest BCUT2D eigenvalue weighted by Crippen LogP contribution is 2.37. The van der Waals surface area contributed by atoms with Crippen molar-refractivity contribution < 1.29 is 4.79 Å². The lowest BCUT2D eigenvalue weighted by molar-refractivity contribution is -0.00243. The molecule has 0 atom stereocenters. The maximum atomic E-state index is 9.12. The Balaban J connectivity index is 2.43. The minimum atomic E-state index is 0.645. The predicted molar refractivity (Wildman–Crippen MR) is 66.4 cm³/mol. The van der Waals surface area contributed by atoms with Crippen LogP contribution in [0.25, 0.3) is 16.7 Å². The number of hydrogen-bond donors (Lipinski definition) is 0. The molecule has 2 aromatic rings. The molecular weight excluding hydrogens is 264 g/mol. The van der Waals surface area contributed by atoms with E-state index in [1.807, 2.05) is 42.5 Å². The second-order valence-corrected chi connectivity index (χ2v) is 4.60. The number of hydrogen-bond acceptors (Lipinski definition) is 0. The van der Waals surface area contributed by atoms with Crippen LogP contribution in [-0.4, -0.2) is 10.5 Å². The molecule has 3 rings (SSSR count). The number of benzene rings is 2. The van der Waals surface area contributed by atoms with E-state index in [1.54, 1.807) is 0 Å². The fourth-order valence-corrected chi connectivity index (χ4v) is 2.49. The van der Waals surface area contributed by atoms with E-state index in [0.717, 1.165) is 26.7 Å². The van der Waals surface area contributed by atoms with Crippen LogP contribution < -0.4 is 0 Å². The molecule has 0 saturated carbocycles. The lowest BCUT2D eigenvalue weighted by Gasteiger charge is -1.97. The molecule has 2 nitrogen and oxygen atoms in total. The summed E-state index contributed by atoms with van der Waals surface area (Å²) in [5.41, 5.74) is 14.0. The number of rotatable bonds is 0. The molecule has 16 heavy (non-hydrogen) atoms. The fraction of sp³-hybridized carbons (Fsp3) is 0. The molecule has 1 aliphatic carbocycles. The van der Waals surface area contributed by atoms with Gasteiger partial charge in [-0.15, -0.1) is 0 Å². The summed E-state index contributed by atoms with van der Waals surface area (Å²) >= 11 is 3.43. The van der Waals surface area contributed by atoms with Crippen LogP contribution in [0.4, 0.5) is 0 Å². The Morgan fingerprint density at radius 3 is 2.31 bits per heavy atom. The first-order valence-electron chi connectivity index (χ1n) is 4.93. The summed E-state index contributed by atoms with van der Waals surface area (Å²) in [5.74, 6) is 0. The summed E-state index contributed by atoms with van der Waals surface area (Å²) in [5, 5.41) is 0. The summed E-state index contributed by atoms with van der Waals surface area (Å²) in [6, 6.07) is 14.0. The Hall–Kier alpha value is -1.70. The average molecular weight is 271 g/mol. The van der Waals surface area contributed by atoms with Crippen LogP contribution in [0.2, 0.25) is 0 Å². The van der Waals surface area contributed by atoms with Gasteiger partial charge in [-0.05, 0) is 29.3 Å². The van der Waals surface area contributed by atoms with Crippen LogP contribution >= 0.6 is 15.9 Å². The van der Waals surface area contributed by atoms with Crippen molar-refractivity contribution in [2.75, 3.05) is 0 Å². The molecule has 2 aromatic carbocycles. The molecule has 0 aromatic heterocycles. The Morgan fingerprint density at radius 1 is 0.875 bits per heavy atom. The minimum absolute atomic E-state index is 0.645. The van der Waals surface area contributed by atoms with Gasteiger partial charge in [-0.25, -0.2) is 0 Å². The SMILES string of the molecule is [N-]=[N+]=C1c2ccccc2-c2ccc(Br)cc21. The standard InChI is InChI=1S/C13H7BrN2/c14-8-5-6-10-9-3-1-2-4-11(9)13(16-15)12(10)7-8/h1-7H. The molecule has 0 bridgehead atoms. The first-order valence-corrected chi connectivity index (χ1v) is 5.72. The van der Waals surface area contributed by atoms with Crippen molar-refractivity contribution in [1.82, 2.24) is 0 Å². The Kier molecular flexibility index (Phi) is 2.03. The highest BCUT2D eigenvalue weighted by molar-refractivity contribution is 9.10. The van der Waals surface area contributed by atoms with E-state index in [2.05, 4.69) is 20.7 Å². The summed E-state index contributed by atoms with van der Waals surface area (Å²) < 4.78 is 0.986. The molecule has 0 fully saturated rings. The van der Waals surface area contributed by atoms with E-state index in [0.29, 0.717) is 5.71 Å². The van der Waals surface area contributed by atoms with Gasteiger partial charge in [0.05, 0.1) is 11.1 Å². The molecule has 0 aliphatic heterocycles. The zero-order chi connectivity index (χ0) is 11.1. The lowest BCUT2D eigenvalue weighted by Crippen LogP contribution is -1.98. The summed E-state index contributed by atoms with van der Waals surface area (Å²) in [6.07, 6.45) is 0. The molecule has 0 spiro atoms. The fourth-order valence-electron chi connectivity index (χ4n) is 2.12. The molecule has 0 amide bonds. The predicted octanol–water partition coefficient (Wildman–Crippen LogP) is 3.50. The molecule has 3 heteroatoms. The lowest BCUT2D eigenvalue weighted by atomic mass is 10.1. The number of nitrogens with zero attached hydrogens (tertiary/aromatic N) is 2. The van der Waals surface area contributed by atoms with Crippen molar-refractivity contribution in [2.24, 2.45) is 0 Å². The van der Waals surface area contributed by atoms with Gasteiger partial charge >= 0.3 is 5.71 Å². The van der Waals surface area contributed by atoms with E-state index in [-0.39, 0.29) is 0 Å². The van der Waals surface area contributed by atoms with Gasteiger partial charge in [0.1, 0.15) is 0 Å². The third-order valence-corrected chi connectivity index (χ3v) is 3.30.